The lowest BCUT2D eigenvalue weighted by molar-refractivity contribution is 0.00687. The van der Waals surface area contributed by atoms with Gasteiger partial charge in [0, 0.05) is 19.1 Å². The van der Waals surface area contributed by atoms with Gasteiger partial charge in [0.2, 0.25) is 0 Å². The van der Waals surface area contributed by atoms with E-state index in [2.05, 4.69) is 49.9 Å². The van der Waals surface area contributed by atoms with Crippen molar-refractivity contribution in [3.63, 3.8) is 0 Å². The van der Waals surface area contributed by atoms with E-state index >= 15 is 0 Å². The van der Waals surface area contributed by atoms with Crippen molar-refractivity contribution in [2.45, 2.75) is 109 Å². The second-order valence-corrected chi connectivity index (χ2v) is 11.7. The van der Waals surface area contributed by atoms with Gasteiger partial charge in [-0.25, -0.2) is 4.79 Å². The lowest BCUT2D eigenvalue weighted by Crippen LogP contribution is -2.45. The van der Waals surface area contributed by atoms with Crippen molar-refractivity contribution in [1.82, 2.24) is 4.90 Å². The summed E-state index contributed by atoms with van der Waals surface area (Å²) < 4.78 is 11.3. The third-order valence-corrected chi connectivity index (χ3v) is 8.46. The van der Waals surface area contributed by atoms with Crippen LogP contribution in [-0.2, 0) is 4.74 Å². The van der Waals surface area contributed by atoms with Crippen molar-refractivity contribution in [2.24, 2.45) is 11.3 Å². The molecule has 0 bridgehead atoms. The molecule has 1 heterocycles. The van der Waals surface area contributed by atoms with Crippen LogP contribution in [0.15, 0.2) is 24.3 Å². The molecule has 0 aromatic heterocycles. The minimum atomic E-state index is -1.14. The molecule has 2 saturated carbocycles. The van der Waals surface area contributed by atoms with E-state index < -0.39 is 6.16 Å². The molecule has 0 radical (unpaired) electrons. The number of hydrogen-bond acceptors (Lipinski definition) is 4. The Balaban J connectivity index is 1.25. The van der Waals surface area contributed by atoms with E-state index in [9.17, 15) is 4.79 Å². The van der Waals surface area contributed by atoms with Crippen LogP contribution in [0.25, 0.3) is 0 Å². The zero-order valence-corrected chi connectivity index (χ0v) is 20.8. The van der Waals surface area contributed by atoms with Gasteiger partial charge in [-0.1, -0.05) is 39.3 Å². The molecule has 2 atom stereocenters. The molecule has 0 spiro atoms. The van der Waals surface area contributed by atoms with Crippen molar-refractivity contribution < 1.29 is 19.4 Å². The predicted octanol–water partition coefficient (Wildman–Crippen LogP) is 6.86. The third-order valence-electron chi connectivity index (χ3n) is 8.46. The Labute approximate surface area is 199 Å². The second kappa shape index (κ2) is 10.7. The smallest absolute Gasteiger partial charge is 0.490 e. The molecule has 1 saturated heterocycles. The number of ether oxygens (including phenoxy) is 2. The molecule has 3 fully saturated rings. The number of rotatable bonds is 5. The summed E-state index contributed by atoms with van der Waals surface area (Å²) in [5.74, 6) is 2.44. The van der Waals surface area contributed by atoms with E-state index in [1.165, 1.54) is 56.9 Å². The molecule has 1 aromatic rings. The fourth-order valence-electron chi connectivity index (χ4n) is 6.36. The predicted molar refractivity (Wildman–Crippen MR) is 131 cm³/mol. The molecule has 33 heavy (non-hydrogen) atoms. The van der Waals surface area contributed by atoms with Crippen LogP contribution < -0.4 is 4.74 Å². The van der Waals surface area contributed by atoms with Gasteiger partial charge in [0.15, 0.2) is 0 Å². The highest BCUT2D eigenvalue weighted by Gasteiger charge is 2.32. The van der Waals surface area contributed by atoms with Crippen LogP contribution in [0.5, 0.6) is 5.75 Å². The number of carbonyl (C=O) groups is 1. The molecule has 5 nitrogen and oxygen atoms in total. The number of benzene rings is 1. The van der Waals surface area contributed by atoms with Crippen LogP contribution in [-0.4, -0.2) is 47.5 Å². The highest BCUT2D eigenvalue weighted by Crippen LogP contribution is 2.40. The Kier molecular flexibility index (Phi) is 7.88. The molecule has 1 aliphatic heterocycles. The Bertz CT molecular complexity index is 755. The van der Waals surface area contributed by atoms with Crippen molar-refractivity contribution in [3.8, 4) is 5.75 Å². The quantitative estimate of drug-likeness (QED) is 0.490. The molecule has 184 valence electrons. The van der Waals surface area contributed by atoms with E-state index in [0.29, 0.717) is 23.5 Å². The Morgan fingerprint density at radius 2 is 1.58 bits per heavy atom. The summed E-state index contributed by atoms with van der Waals surface area (Å²) in [5.41, 5.74) is 1.85. The number of likely N-dealkylation sites (tertiary alicyclic amines) is 1. The summed E-state index contributed by atoms with van der Waals surface area (Å²) in [6, 6.07) is 9.54. The number of piperidine rings is 1. The van der Waals surface area contributed by atoms with Gasteiger partial charge in [0.1, 0.15) is 11.9 Å². The van der Waals surface area contributed by atoms with Crippen LogP contribution in [0.3, 0.4) is 0 Å². The zero-order valence-electron chi connectivity index (χ0n) is 20.8. The summed E-state index contributed by atoms with van der Waals surface area (Å²) in [4.78, 5) is 13.4. The highest BCUT2D eigenvalue weighted by molar-refractivity contribution is 5.57. The van der Waals surface area contributed by atoms with Gasteiger partial charge in [-0.05, 0) is 92.7 Å². The molecule has 0 amide bonds. The molecular formula is C28H43NO4. The van der Waals surface area contributed by atoms with Crippen LogP contribution >= 0.6 is 0 Å². The lowest BCUT2D eigenvalue weighted by Gasteiger charge is -2.41. The first-order valence-corrected chi connectivity index (χ1v) is 13.2. The first-order chi connectivity index (χ1) is 15.8. The SMILES string of the molecule is CC(C)(C)C1CCC(Oc2ccc(C3CCCC(N4CCC(OC(=O)O)CC4)C3)cc2)CC1. The van der Waals surface area contributed by atoms with E-state index in [1.54, 1.807) is 0 Å². The maximum atomic E-state index is 10.8. The van der Waals surface area contributed by atoms with Crippen molar-refractivity contribution >= 4 is 6.16 Å². The van der Waals surface area contributed by atoms with Gasteiger partial charge >= 0.3 is 6.16 Å². The van der Waals surface area contributed by atoms with Crippen molar-refractivity contribution in [2.75, 3.05) is 13.1 Å². The standard InChI is InChI=1S/C28H43NO4/c1-28(2,3)22-9-13-25(14-10-22)32-24-11-7-20(8-12-24)21-5-4-6-23(19-21)29-17-15-26(16-18-29)33-27(30)31/h7-8,11-12,21-23,25-26H,4-6,9-10,13-19H2,1-3H3,(H,30,31). The second-order valence-electron chi connectivity index (χ2n) is 11.7. The van der Waals surface area contributed by atoms with Crippen LogP contribution in [0, 0.1) is 11.3 Å². The Morgan fingerprint density at radius 3 is 2.18 bits per heavy atom. The summed E-state index contributed by atoms with van der Waals surface area (Å²) in [7, 11) is 0. The van der Waals surface area contributed by atoms with E-state index in [1.807, 2.05) is 0 Å². The minimum Gasteiger partial charge on any atom is -0.490 e. The molecule has 1 aromatic carbocycles. The minimum absolute atomic E-state index is 0.130. The maximum absolute atomic E-state index is 10.8. The van der Waals surface area contributed by atoms with Crippen LogP contribution in [0.1, 0.15) is 96.5 Å². The average molecular weight is 458 g/mol. The summed E-state index contributed by atoms with van der Waals surface area (Å²) in [6.45, 7) is 8.98. The summed E-state index contributed by atoms with van der Waals surface area (Å²) in [6.07, 6.45) is 10.6. The first kappa shape index (κ1) is 24.4. The number of nitrogens with zero attached hydrogens (tertiary/aromatic N) is 1. The van der Waals surface area contributed by atoms with Crippen LogP contribution in [0.2, 0.25) is 0 Å². The Hall–Kier alpha value is -1.75. The molecular weight excluding hydrogens is 414 g/mol. The lowest BCUT2D eigenvalue weighted by atomic mass is 9.72. The summed E-state index contributed by atoms with van der Waals surface area (Å²) in [5, 5.41) is 8.85. The monoisotopic (exact) mass is 457 g/mol. The third kappa shape index (κ3) is 6.65. The van der Waals surface area contributed by atoms with Crippen molar-refractivity contribution in [3.05, 3.63) is 29.8 Å². The molecule has 5 heteroatoms. The maximum Gasteiger partial charge on any atom is 0.506 e. The largest absolute Gasteiger partial charge is 0.506 e. The normalized spacial score (nSPS) is 30.0. The van der Waals surface area contributed by atoms with Crippen molar-refractivity contribution in [1.29, 1.82) is 0 Å². The van der Waals surface area contributed by atoms with Gasteiger partial charge in [-0.15, -0.1) is 0 Å². The fourth-order valence-corrected chi connectivity index (χ4v) is 6.36. The van der Waals surface area contributed by atoms with E-state index in [0.717, 1.165) is 37.6 Å². The average Bonchev–Trinajstić information content (AvgIpc) is 2.80. The number of carboxylic acid groups (broad SMARTS) is 1. The molecule has 2 aliphatic carbocycles. The van der Waals surface area contributed by atoms with Gasteiger partial charge in [0.25, 0.3) is 0 Å². The fraction of sp³-hybridized carbons (Fsp3) is 0.750. The Morgan fingerprint density at radius 1 is 0.909 bits per heavy atom. The van der Waals surface area contributed by atoms with E-state index in [4.69, 9.17) is 14.6 Å². The summed E-state index contributed by atoms with van der Waals surface area (Å²) >= 11 is 0. The zero-order chi connectivity index (χ0) is 23.4. The van der Waals surface area contributed by atoms with Gasteiger partial charge in [-0.2, -0.15) is 0 Å². The van der Waals surface area contributed by atoms with Gasteiger partial charge in [0.05, 0.1) is 6.10 Å². The molecule has 4 rings (SSSR count). The van der Waals surface area contributed by atoms with Crippen LogP contribution in [0.4, 0.5) is 4.79 Å². The van der Waals surface area contributed by atoms with Gasteiger partial charge < -0.3 is 19.5 Å². The molecule has 1 N–H and O–H groups in total. The van der Waals surface area contributed by atoms with E-state index in [-0.39, 0.29) is 6.10 Å². The first-order valence-electron chi connectivity index (χ1n) is 13.2. The van der Waals surface area contributed by atoms with Gasteiger partial charge in [-0.3, -0.25) is 0 Å². The molecule has 2 unspecified atom stereocenters. The topological polar surface area (TPSA) is 59.0 Å². The highest BCUT2D eigenvalue weighted by atomic mass is 16.7. The molecule has 3 aliphatic rings. The number of hydrogen-bond donors (Lipinski definition) is 1.